The van der Waals surface area contributed by atoms with E-state index in [1.54, 1.807) is 0 Å². The van der Waals surface area contributed by atoms with Crippen molar-refractivity contribution in [1.29, 1.82) is 0 Å². The molecule has 27 heavy (non-hydrogen) atoms. The average molecular weight is 358 g/mol. The van der Waals surface area contributed by atoms with Crippen molar-refractivity contribution < 1.29 is 9.90 Å². The van der Waals surface area contributed by atoms with E-state index in [2.05, 4.69) is 53.5 Å². The van der Waals surface area contributed by atoms with Gasteiger partial charge < -0.3 is 15.0 Å². The van der Waals surface area contributed by atoms with E-state index < -0.39 is 6.09 Å². The zero-order chi connectivity index (χ0) is 18.4. The Hall–Kier alpha value is -3.01. The van der Waals surface area contributed by atoms with Crippen LogP contribution in [0.15, 0.2) is 54.1 Å². The van der Waals surface area contributed by atoms with Crippen LogP contribution < -0.4 is 0 Å². The van der Waals surface area contributed by atoms with Crippen LogP contribution in [0.1, 0.15) is 35.2 Å². The minimum Gasteiger partial charge on any atom is -0.465 e. The van der Waals surface area contributed by atoms with Crippen molar-refractivity contribution in [1.82, 2.24) is 9.88 Å². The number of amides is 1. The summed E-state index contributed by atoms with van der Waals surface area (Å²) < 4.78 is 0. The molecule has 2 heterocycles. The minimum atomic E-state index is -0.813. The SMILES string of the molecule is O=C(O)N1CCC(=C2c3ccccc3CCc3c2[nH]c2ccccc32)CC1. The summed E-state index contributed by atoms with van der Waals surface area (Å²) in [5.74, 6) is 0. The highest BCUT2D eigenvalue weighted by atomic mass is 16.4. The quantitative estimate of drug-likeness (QED) is 0.604. The molecule has 0 saturated carbocycles. The van der Waals surface area contributed by atoms with Gasteiger partial charge >= 0.3 is 6.09 Å². The Kier molecular flexibility index (Phi) is 3.78. The number of hydrogen-bond donors (Lipinski definition) is 2. The number of likely N-dealkylation sites (tertiary alicyclic amines) is 1. The molecule has 1 aliphatic heterocycles. The van der Waals surface area contributed by atoms with Crippen molar-refractivity contribution in [2.24, 2.45) is 0 Å². The molecule has 1 aromatic heterocycles. The highest BCUT2D eigenvalue weighted by molar-refractivity contribution is 5.94. The van der Waals surface area contributed by atoms with E-state index in [1.807, 2.05) is 0 Å². The van der Waals surface area contributed by atoms with E-state index in [9.17, 15) is 9.90 Å². The molecule has 2 aromatic carbocycles. The second kappa shape index (κ2) is 6.31. The van der Waals surface area contributed by atoms with Crippen LogP contribution in [0.2, 0.25) is 0 Å². The van der Waals surface area contributed by atoms with E-state index in [-0.39, 0.29) is 0 Å². The Morgan fingerprint density at radius 1 is 0.926 bits per heavy atom. The smallest absolute Gasteiger partial charge is 0.407 e. The number of aryl methyl sites for hydroxylation is 2. The fourth-order valence-corrected chi connectivity index (χ4v) is 4.63. The van der Waals surface area contributed by atoms with Gasteiger partial charge in [0.1, 0.15) is 0 Å². The number of hydrogen-bond acceptors (Lipinski definition) is 1. The molecule has 2 N–H and O–H groups in total. The molecule has 1 aliphatic carbocycles. The van der Waals surface area contributed by atoms with Gasteiger partial charge in [0.2, 0.25) is 0 Å². The topological polar surface area (TPSA) is 56.3 Å². The largest absolute Gasteiger partial charge is 0.465 e. The number of nitrogens with zero attached hydrogens (tertiary/aromatic N) is 1. The van der Waals surface area contributed by atoms with Gasteiger partial charge in [0, 0.05) is 29.6 Å². The third-order valence-corrected chi connectivity index (χ3v) is 5.99. The summed E-state index contributed by atoms with van der Waals surface area (Å²) in [5.41, 5.74) is 9.18. The molecule has 1 saturated heterocycles. The first-order chi connectivity index (χ1) is 13.2. The third kappa shape index (κ3) is 2.64. The zero-order valence-electron chi connectivity index (χ0n) is 15.2. The Bertz CT molecular complexity index is 1070. The summed E-state index contributed by atoms with van der Waals surface area (Å²) in [6, 6.07) is 17.2. The lowest BCUT2D eigenvalue weighted by Crippen LogP contribution is -2.35. The summed E-state index contributed by atoms with van der Waals surface area (Å²) in [5, 5.41) is 10.6. The van der Waals surface area contributed by atoms with Gasteiger partial charge in [-0.05, 0) is 48.4 Å². The molecule has 0 atom stereocenters. The van der Waals surface area contributed by atoms with Gasteiger partial charge in [0.05, 0.1) is 5.69 Å². The summed E-state index contributed by atoms with van der Waals surface area (Å²) >= 11 is 0. The summed E-state index contributed by atoms with van der Waals surface area (Å²) in [4.78, 5) is 16.5. The van der Waals surface area contributed by atoms with Crippen LogP contribution in [0.25, 0.3) is 16.5 Å². The number of carboxylic acid groups (broad SMARTS) is 1. The van der Waals surface area contributed by atoms with E-state index in [0.29, 0.717) is 13.1 Å². The van der Waals surface area contributed by atoms with E-state index in [4.69, 9.17) is 0 Å². The highest BCUT2D eigenvalue weighted by Crippen LogP contribution is 2.40. The van der Waals surface area contributed by atoms with E-state index >= 15 is 0 Å². The molecule has 136 valence electrons. The molecule has 2 aliphatic rings. The molecular weight excluding hydrogens is 336 g/mol. The Morgan fingerprint density at radius 3 is 2.48 bits per heavy atom. The number of aromatic amines is 1. The maximum absolute atomic E-state index is 11.3. The number of piperidine rings is 1. The van der Waals surface area contributed by atoms with Crippen molar-refractivity contribution >= 4 is 22.6 Å². The molecule has 0 radical (unpaired) electrons. The number of fused-ring (bicyclic) bond motifs is 4. The normalized spacial score (nSPS) is 16.8. The maximum Gasteiger partial charge on any atom is 0.407 e. The first-order valence-electron chi connectivity index (χ1n) is 9.60. The minimum absolute atomic E-state index is 0.575. The van der Waals surface area contributed by atoms with Gasteiger partial charge in [-0.15, -0.1) is 0 Å². The van der Waals surface area contributed by atoms with Gasteiger partial charge in [-0.1, -0.05) is 48.0 Å². The number of carbonyl (C=O) groups is 1. The van der Waals surface area contributed by atoms with Gasteiger partial charge in [0.15, 0.2) is 0 Å². The summed E-state index contributed by atoms with van der Waals surface area (Å²) in [6.07, 6.45) is 2.83. The molecule has 1 fully saturated rings. The summed E-state index contributed by atoms with van der Waals surface area (Å²) in [6.45, 7) is 1.15. The number of nitrogens with one attached hydrogen (secondary N) is 1. The lowest BCUT2D eigenvalue weighted by molar-refractivity contribution is 0.142. The summed E-state index contributed by atoms with van der Waals surface area (Å²) in [7, 11) is 0. The van der Waals surface area contributed by atoms with Crippen LogP contribution in [0.4, 0.5) is 4.79 Å². The lowest BCUT2D eigenvalue weighted by atomic mass is 9.89. The number of para-hydroxylation sites is 1. The number of aromatic nitrogens is 1. The monoisotopic (exact) mass is 358 g/mol. The molecule has 3 aromatic rings. The maximum atomic E-state index is 11.3. The predicted octanol–water partition coefficient (Wildman–Crippen LogP) is 4.84. The molecule has 0 unspecified atom stereocenters. The zero-order valence-corrected chi connectivity index (χ0v) is 15.2. The van der Waals surface area contributed by atoms with Crippen molar-refractivity contribution in [3.63, 3.8) is 0 Å². The van der Waals surface area contributed by atoms with Crippen LogP contribution in [-0.4, -0.2) is 34.2 Å². The van der Waals surface area contributed by atoms with Crippen LogP contribution in [0, 0.1) is 0 Å². The molecule has 1 amide bonds. The molecule has 4 heteroatoms. The van der Waals surface area contributed by atoms with Crippen molar-refractivity contribution in [2.45, 2.75) is 25.7 Å². The first kappa shape index (κ1) is 16.2. The fourth-order valence-electron chi connectivity index (χ4n) is 4.63. The first-order valence-corrected chi connectivity index (χ1v) is 9.60. The standard InChI is InChI=1S/C23H22N2O2/c26-23(27)25-13-11-16(12-14-25)21-17-6-2-1-5-15(17)9-10-19-18-7-3-4-8-20(18)24-22(19)21/h1-8,24H,9-14H2,(H,26,27). The molecule has 4 nitrogen and oxygen atoms in total. The molecule has 0 spiro atoms. The second-order valence-corrected chi connectivity index (χ2v) is 7.43. The van der Waals surface area contributed by atoms with Gasteiger partial charge in [-0.3, -0.25) is 0 Å². The Labute approximate surface area is 158 Å². The lowest BCUT2D eigenvalue weighted by Gasteiger charge is -2.28. The second-order valence-electron chi connectivity index (χ2n) is 7.43. The fraction of sp³-hybridized carbons (Fsp3) is 0.261. The van der Waals surface area contributed by atoms with Gasteiger partial charge in [0.25, 0.3) is 0 Å². The third-order valence-electron chi connectivity index (χ3n) is 5.99. The van der Waals surface area contributed by atoms with Crippen molar-refractivity contribution in [3.05, 3.63) is 76.5 Å². The average Bonchev–Trinajstić information content (AvgIpc) is 2.97. The van der Waals surface area contributed by atoms with E-state index in [0.717, 1.165) is 25.7 Å². The van der Waals surface area contributed by atoms with Crippen molar-refractivity contribution in [2.75, 3.05) is 13.1 Å². The van der Waals surface area contributed by atoms with Crippen LogP contribution in [-0.2, 0) is 12.8 Å². The highest BCUT2D eigenvalue weighted by Gasteiger charge is 2.27. The number of rotatable bonds is 0. The van der Waals surface area contributed by atoms with Crippen LogP contribution in [0.5, 0.6) is 0 Å². The molecule has 5 rings (SSSR count). The predicted molar refractivity (Wildman–Crippen MR) is 107 cm³/mol. The van der Waals surface area contributed by atoms with Crippen LogP contribution in [0.3, 0.4) is 0 Å². The van der Waals surface area contributed by atoms with Gasteiger partial charge in [-0.25, -0.2) is 4.79 Å². The molecular formula is C23H22N2O2. The van der Waals surface area contributed by atoms with Crippen LogP contribution >= 0.6 is 0 Å². The number of H-pyrrole nitrogens is 1. The molecule has 0 bridgehead atoms. The number of benzene rings is 2. The van der Waals surface area contributed by atoms with Crippen molar-refractivity contribution in [3.8, 4) is 0 Å². The Morgan fingerprint density at radius 2 is 1.67 bits per heavy atom. The Balaban J connectivity index is 1.72. The van der Waals surface area contributed by atoms with Gasteiger partial charge in [-0.2, -0.15) is 0 Å². The van der Waals surface area contributed by atoms with E-state index in [1.165, 1.54) is 49.3 Å².